The molecule has 2 rings (SSSR count). The van der Waals surface area contributed by atoms with Crippen molar-refractivity contribution in [2.45, 2.75) is 6.42 Å². The number of para-hydroxylation sites is 1. The first-order chi connectivity index (χ1) is 12.5. The predicted octanol–water partition coefficient (Wildman–Crippen LogP) is 4.06. The number of hydrogen-bond acceptors (Lipinski definition) is 4. The molecule has 0 saturated heterocycles. The maximum Gasteiger partial charge on any atom is 0.273 e. The van der Waals surface area contributed by atoms with Crippen LogP contribution >= 0.6 is 23.2 Å². The number of nitrogens with zero attached hydrogens (tertiary/aromatic N) is 2. The molecule has 0 aliphatic heterocycles. The third kappa shape index (κ3) is 5.61. The van der Waals surface area contributed by atoms with E-state index < -0.39 is 4.92 Å². The minimum Gasteiger partial charge on any atom is -0.369 e. The Morgan fingerprint density at radius 1 is 1.04 bits per heavy atom. The minimum atomic E-state index is -0.486. The quantitative estimate of drug-likeness (QED) is 0.394. The summed E-state index contributed by atoms with van der Waals surface area (Å²) in [6, 6.07) is 13.5. The lowest BCUT2D eigenvalue weighted by Gasteiger charge is -2.23. The van der Waals surface area contributed by atoms with Crippen LogP contribution in [0.4, 0.5) is 17.1 Å². The van der Waals surface area contributed by atoms with Gasteiger partial charge in [0.15, 0.2) is 0 Å². The largest absolute Gasteiger partial charge is 0.369 e. The zero-order valence-electron chi connectivity index (χ0n) is 14.0. The average molecular weight is 396 g/mol. The molecule has 0 spiro atoms. The van der Waals surface area contributed by atoms with Crippen LogP contribution in [0.2, 0.25) is 0 Å². The Balaban J connectivity index is 2.02. The summed E-state index contributed by atoms with van der Waals surface area (Å²) in [6.45, 7) is 1.36. The highest BCUT2D eigenvalue weighted by molar-refractivity contribution is 6.18. The van der Waals surface area contributed by atoms with Crippen molar-refractivity contribution in [1.82, 2.24) is 0 Å². The van der Waals surface area contributed by atoms with Crippen LogP contribution in [0.5, 0.6) is 0 Å². The molecule has 0 bridgehead atoms. The number of halogens is 2. The first kappa shape index (κ1) is 20.0. The second-order valence-electron chi connectivity index (χ2n) is 5.52. The summed E-state index contributed by atoms with van der Waals surface area (Å²) >= 11 is 11.6. The molecular weight excluding hydrogens is 377 g/mol. The second-order valence-corrected chi connectivity index (χ2v) is 6.28. The number of nitro groups is 1. The maximum absolute atomic E-state index is 12.2. The first-order valence-corrected chi connectivity index (χ1v) is 9.11. The van der Waals surface area contributed by atoms with E-state index in [0.717, 1.165) is 5.69 Å². The Bertz CT molecular complexity index is 748. The van der Waals surface area contributed by atoms with E-state index in [1.807, 2.05) is 12.1 Å². The summed E-state index contributed by atoms with van der Waals surface area (Å²) in [5.41, 5.74) is 1.90. The van der Waals surface area contributed by atoms with Crippen LogP contribution in [-0.4, -0.2) is 35.7 Å². The van der Waals surface area contributed by atoms with Gasteiger partial charge in [0.2, 0.25) is 5.91 Å². The van der Waals surface area contributed by atoms with Gasteiger partial charge in [-0.2, -0.15) is 0 Å². The monoisotopic (exact) mass is 395 g/mol. The lowest BCUT2D eigenvalue weighted by atomic mass is 10.1. The fourth-order valence-electron chi connectivity index (χ4n) is 2.55. The molecular formula is C18H19Cl2N3O3. The van der Waals surface area contributed by atoms with Crippen molar-refractivity contribution < 1.29 is 9.72 Å². The highest BCUT2D eigenvalue weighted by Gasteiger charge is 2.15. The molecule has 8 heteroatoms. The van der Waals surface area contributed by atoms with Gasteiger partial charge in [-0.15, -0.1) is 23.2 Å². The van der Waals surface area contributed by atoms with Gasteiger partial charge in [0.1, 0.15) is 0 Å². The number of anilines is 2. The van der Waals surface area contributed by atoms with Crippen LogP contribution in [0.15, 0.2) is 48.5 Å². The number of nitrogens with one attached hydrogen (secondary N) is 1. The zero-order valence-corrected chi connectivity index (χ0v) is 15.5. The van der Waals surface area contributed by atoms with Crippen molar-refractivity contribution in [3.8, 4) is 0 Å². The number of benzene rings is 2. The molecule has 1 amide bonds. The molecule has 0 aliphatic carbocycles. The smallest absolute Gasteiger partial charge is 0.273 e. The highest BCUT2D eigenvalue weighted by Crippen LogP contribution is 2.20. The van der Waals surface area contributed by atoms with Crippen molar-refractivity contribution in [2.75, 3.05) is 35.1 Å². The van der Waals surface area contributed by atoms with Gasteiger partial charge < -0.3 is 10.2 Å². The van der Waals surface area contributed by atoms with E-state index in [4.69, 9.17) is 23.2 Å². The summed E-state index contributed by atoms with van der Waals surface area (Å²) in [5.74, 6) is 0.668. The van der Waals surface area contributed by atoms with Crippen LogP contribution in [0, 0.1) is 10.1 Å². The second kappa shape index (κ2) is 9.99. The molecule has 26 heavy (non-hydrogen) atoms. The van der Waals surface area contributed by atoms with Crippen molar-refractivity contribution in [3.05, 3.63) is 64.2 Å². The van der Waals surface area contributed by atoms with Gasteiger partial charge in [-0.1, -0.05) is 18.2 Å². The van der Waals surface area contributed by atoms with E-state index in [2.05, 4.69) is 10.2 Å². The third-order valence-electron chi connectivity index (χ3n) is 3.76. The van der Waals surface area contributed by atoms with Crippen molar-refractivity contribution in [1.29, 1.82) is 0 Å². The van der Waals surface area contributed by atoms with Crippen molar-refractivity contribution >= 4 is 46.2 Å². The fraction of sp³-hybridized carbons (Fsp3) is 0.278. The molecule has 0 radical (unpaired) electrons. The van der Waals surface area contributed by atoms with Crippen LogP contribution in [0.3, 0.4) is 0 Å². The van der Waals surface area contributed by atoms with Crippen LogP contribution in [0.25, 0.3) is 0 Å². The maximum atomic E-state index is 12.2. The minimum absolute atomic E-state index is 0.0595. The predicted molar refractivity (Wildman–Crippen MR) is 106 cm³/mol. The number of alkyl halides is 2. The van der Waals surface area contributed by atoms with Gasteiger partial charge >= 0.3 is 0 Å². The third-order valence-corrected chi connectivity index (χ3v) is 4.10. The molecule has 0 saturated carbocycles. The van der Waals surface area contributed by atoms with Crippen LogP contribution in [0.1, 0.15) is 5.56 Å². The molecule has 0 atom stereocenters. The molecule has 2 aromatic rings. The topological polar surface area (TPSA) is 75.5 Å². The Hall–Kier alpha value is -2.31. The molecule has 6 nitrogen and oxygen atoms in total. The molecule has 0 unspecified atom stereocenters. The van der Waals surface area contributed by atoms with E-state index in [9.17, 15) is 14.9 Å². The fourth-order valence-corrected chi connectivity index (χ4v) is 2.95. The number of amides is 1. The molecule has 0 fully saturated rings. The Morgan fingerprint density at radius 2 is 1.65 bits per heavy atom. The van der Waals surface area contributed by atoms with E-state index in [1.165, 1.54) is 6.07 Å². The van der Waals surface area contributed by atoms with Crippen molar-refractivity contribution in [3.63, 3.8) is 0 Å². The van der Waals surface area contributed by atoms with Gasteiger partial charge in [0.05, 0.1) is 11.3 Å². The zero-order chi connectivity index (χ0) is 18.9. The summed E-state index contributed by atoms with van der Waals surface area (Å²) < 4.78 is 0. The van der Waals surface area contributed by atoms with Gasteiger partial charge in [-0.3, -0.25) is 14.9 Å². The molecule has 2 aromatic carbocycles. The normalized spacial score (nSPS) is 10.4. The first-order valence-electron chi connectivity index (χ1n) is 8.04. The van der Waals surface area contributed by atoms with Crippen molar-refractivity contribution in [2.24, 2.45) is 0 Å². The Morgan fingerprint density at radius 3 is 2.23 bits per heavy atom. The van der Waals surface area contributed by atoms with E-state index in [-0.39, 0.29) is 18.0 Å². The molecule has 0 aromatic heterocycles. The van der Waals surface area contributed by atoms with Gasteiger partial charge in [-0.25, -0.2) is 0 Å². The van der Waals surface area contributed by atoms with E-state index >= 15 is 0 Å². The Labute approximate surface area is 161 Å². The SMILES string of the molecule is O=C(Cc1ccccc1[N+](=O)[O-])Nc1ccc(N(CCCl)CCCl)cc1. The number of rotatable bonds is 9. The van der Waals surface area contributed by atoms with E-state index in [0.29, 0.717) is 36.1 Å². The highest BCUT2D eigenvalue weighted by atomic mass is 35.5. The standard InChI is InChI=1S/C18H19Cl2N3O3/c19-9-11-22(12-10-20)16-7-5-15(6-8-16)21-18(24)13-14-3-1-2-4-17(14)23(25)26/h1-8H,9-13H2,(H,21,24). The average Bonchev–Trinajstić information content (AvgIpc) is 2.62. The van der Waals surface area contributed by atoms with Crippen LogP contribution in [-0.2, 0) is 11.2 Å². The molecule has 0 aliphatic rings. The summed E-state index contributed by atoms with van der Waals surface area (Å²) in [5, 5.41) is 13.8. The number of nitro benzene ring substituents is 1. The van der Waals surface area contributed by atoms with Crippen LogP contribution < -0.4 is 10.2 Å². The van der Waals surface area contributed by atoms with E-state index in [1.54, 1.807) is 30.3 Å². The molecule has 0 heterocycles. The summed E-state index contributed by atoms with van der Waals surface area (Å²) in [6.07, 6.45) is -0.0659. The molecule has 138 valence electrons. The number of hydrogen-bond donors (Lipinski definition) is 1. The van der Waals surface area contributed by atoms with Gasteiger partial charge in [0, 0.05) is 47.9 Å². The van der Waals surface area contributed by atoms with Gasteiger partial charge in [0.25, 0.3) is 5.69 Å². The lowest BCUT2D eigenvalue weighted by molar-refractivity contribution is -0.385. The lowest BCUT2D eigenvalue weighted by Crippen LogP contribution is -2.27. The number of carbonyl (C=O) groups is 1. The summed E-state index contributed by atoms with van der Waals surface area (Å²) in [4.78, 5) is 24.8. The number of carbonyl (C=O) groups excluding carboxylic acids is 1. The molecule has 1 N–H and O–H groups in total. The summed E-state index contributed by atoms with van der Waals surface area (Å²) in [7, 11) is 0. The Kier molecular flexibility index (Phi) is 7.69. The van der Waals surface area contributed by atoms with Gasteiger partial charge in [-0.05, 0) is 24.3 Å².